The van der Waals surface area contributed by atoms with E-state index in [1.165, 1.54) is 5.56 Å². The zero-order valence-corrected chi connectivity index (χ0v) is 9.34. The highest BCUT2D eigenvalue weighted by atomic mass is 15.0. The molecular formula is C13H17N3. The second-order valence-electron chi connectivity index (χ2n) is 3.82. The fraction of sp³-hybridized carbons (Fsp3) is 0.308. The number of rotatable bonds is 6. The van der Waals surface area contributed by atoms with Crippen molar-refractivity contribution < 1.29 is 0 Å². The third-order valence-corrected chi connectivity index (χ3v) is 2.50. The summed E-state index contributed by atoms with van der Waals surface area (Å²) in [6.07, 6.45) is 6.80. The van der Waals surface area contributed by atoms with Gasteiger partial charge in [-0.1, -0.05) is 30.3 Å². The fourth-order valence-corrected chi connectivity index (χ4v) is 1.63. The lowest BCUT2D eigenvalue weighted by Crippen LogP contribution is -2.16. The van der Waals surface area contributed by atoms with Crippen molar-refractivity contribution in [1.82, 2.24) is 14.9 Å². The smallest absolute Gasteiger partial charge is 0.0945 e. The van der Waals surface area contributed by atoms with Gasteiger partial charge in [0.25, 0.3) is 0 Å². The van der Waals surface area contributed by atoms with Crippen molar-refractivity contribution in [2.45, 2.75) is 19.5 Å². The molecule has 2 rings (SSSR count). The number of hydrogen-bond donors (Lipinski definition) is 1. The molecule has 1 aromatic heterocycles. The van der Waals surface area contributed by atoms with Crippen LogP contribution in [0.4, 0.5) is 0 Å². The molecule has 0 radical (unpaired) electrons. The van der Waals surface area contributed by atoms with Gasteiger partial charge in [0.15, 0.2) is 0 Å². The van der Waals surface area contributed by atoms with Crippen molar-refractivity contribution in [1.29, 1.82) is 0 Å². The molecule has 0 unspecified atom stereocenters. The standard InChI is InChI=1S/C13H17N3/c1-2-5-13(6-3-1)11-14-7-4-9-16-10-8-15-12-16/h1-3,5-6,8,10,12,14H,4,7,9,11H2. The zero-order chi connectivity index (χ0) is 11.1. The van der Waals surface area contributed by atoms with Crippen LogP contribution in [0.5, 0.6) is 0 Å². The van der Waals surface area contributed by atoms with Crippen molar-refractivity contribution in [3.63, 3.8) is 0 Å². The fourth-order valence-electron chi connectivity index (χ4n) is 1.63. The molecular weight excluding hydrogens is 198 g/mol. The molecule has 0 aliphatic heterocycles. The first-order chi connectivity index (χ1) is 7.95. The van der Waals surface area contributed by atoms with E-state index in [1.807, 2.05) is 24.8 Å². The Bertz CT molecular complexity index is 381. The third-order valence-electron chi connectivity index (χ3n) is 2.50. The van der Waals surface area contributed by atoms with Crippen LogP contribution in [0.1, 0.15) is 12.0 Å². The number of nitrogens with zero attached hydrogens (tertiary/aromatic N) is 2. The van der Waals surface area contributed by atoms with E-state index >= 15 is 0 Å². The van der Waals surface area contributed by atoms with Crippen LogP contribution in [0.15, 0.2) is 49.1 Å². The van der Waals surface area contributed by atoms with Gasteiger partial charge < -0.3 is 9.88 Å². The quantitative estimate of drug-likeness (QED) is 0.747. The molecule has 0 saturated carbocycles. The summed E-state index contributed by atoms with van der Waals surface area (Å²) in [4.78, 5) is 4.01. The number of nitrogens with one attached hydrogen (secondary N) is 1. The predicted molar refractivity (Wildman–Crippen MR) is 65.0 cm³/mol. The minimum Gasteiger partial charge on any atom is -0.337 e. The van der Waals surface area contributed by atoms with Gasteiger partial charge in [-0.2, -0.15) is 0 Å². The number of benzene rings is 1. The topological polar surface area (TPSA) is 29.9 Å². The second-order valence-corrected chi connectivity index (χ2v) is 3.82. The van der Waals surface area contributed by atoms with E-state index in [9.17, 15) is 0 Å². The average Bonchev–Trinajstić information content (AvgIpc) is 2.83. The molecule has 3 nitrogen and oxygen atoms in total. The molecule has 16 heavy (non-hydrogen) atoms. The monoisotopic (exact) mass is 215 g/mol. The van der Waals surface area contributed by atoms with E-state index in [1.54, 1.807) is 0 Å². The highest BCUT2D eigenvalue weighted by Crippen LogP contribution is 1.97. The molecule has 1 aromatic carbocycles. The molecule has 0 aliphatic rings. The van der Waals surface area contributed by atoms with E-state index in [0.29, 0.717) is 0 Å². The molecule has 0 bridgehead atoms. The highest BCUT2D eigenvalue weighted by molar-refractivity contribution is 5.14. The Hall–Kier alpha value is -1.61. The van der Waals surface area contributed by atoms with Crippen molar-refractivity contribution in [2.24, 2.45) is 0 Å². The van der Waals surface area contributed by atoms with E-state index in [4.69, 9.17) is 0 Å². The van der Waals surface area contributed by atoms with Gasteiger partial charge in [-0.3, -0.25) is 0 Å². The summed E-state index contributed by atoms with van der Waals surface area (Å²) in [6, 6.07) is 10.5. The normalized spacial score (nSPS) is 10.5. The van der Waals surface area contributed by atoms with Gasteiger partial charge >= 0.3 is 0 Å². The minimum absolute atomic E-state index is 0.949. The van der Waals surface area contributed by atoms with Crippen LogP contribution < -0.4 is 5.32 Å². The van der Waals surface area contributed by atoms with Crippen LogP contribution in [0.3, 0.4) is 0 Å². The average molecular weight is 215 g/mol. The number of aromatic nitrogens is 2. The summed E-state index contributed by atoms with van der Waals surface area (Å²) in [5.74, 6) is 0. The van der Waals surface area contributed by atoms with E-state index in [0.717, 1.165) is 26.1 Å². The first-order valence-electron chi connectivity index (χ1n) is 5.65. The Morgan fingerprint density at radius 2 is 2.06 bits per heavy atom. The summed E-state index contributed by atoms with van der Waals surface area (Å²) >= 11 is 0. The maximum Gasteiger partial charge on any atom is 0.0945 e. The van der Waals surface area contributed by atoms with Crippen LogP contribution in [0, 0.1) is 0 Å². The number of hydrogen-bond acceptors (Lipinski definition) is 2. The predicted octanol–water partition coefficient (Wildman–Crippen LogP) is 2.06. The number of imidazole rings is 1. The van der Waals surface area contributed by atoms with Gasteiger partial charge in [0.05, 0.1) is 6.33 Å². The molecule has 0 atom stereocenters. The Balaban J connectivity index is 1.59. The van der Waals surface area contributed by atoms with Crippen LogP contribution in [0.2, 0.25) is 0 Å². The minimum atomic E-state index is 0.949. The van der Waals surface area contributed by atoms with Crippen molar-refractivity contribution in [2.75, 3.05) is 6.54 Å². The Kier molecular flexibility index (Phi) is 4.14. The molecule has 0 spiro atoms. The molecule has 0 saturated heterocycles. The first-order valence-corrected chi connectivity index (χ1v) is 5.65. The van der Waals surface area contributed by atoms with Gasteiger partial charge in [0, 0.05) is 25.5 Å². The largest absolute Gasteiger partial charge is 0.337 e. The van der Waals surface area contributed by atoms with Gasteiger partial charge in [-0.25, -0.2) is 4.98 Å². The van der Waals surface area contributed by atoms with Crippen molar-refractivity contribution >= 4 is 0 Å². The number of aryl methyl sites for hydroxylation is 1. The van der Waals surface area contributed by atoms with Crippen molar-refractivity contribution in [3.05, 3.63) is 54.6 Å². The lowest BCUT2D eigenvalue weighted by atomic mass is 10.2. The van der Waals surface area contributed by atoms with Crippen LogP contribution in [-0.4, -0.2) is 16.1 Å². The molecule has 0 aliphatic carbocycles. The molecule has 84 valence electrons. The lowest BCUT2D eigenvalue weighted by molar-refractivity contribution is 0.581. The van der Waals surface area contributed by atoms with Gasteiger partial charge in [0.2, 0.25) is 0 Å². The molecule has 0 amide bonds. The van der Waals surface area contributed by atoms with E-state index in [-0.39, 0.29) is 0 Å². The van der Waals surface area contributed by atoms with Crippen LogP contribution in [0.25, 0.3) is 0 Å². The molecule has 0 fully saturated rings. The Morgan fingerprint density at radius 3 is 2.81 bits per heavy atom. The van der Waals surface area contributed by atoms with Crippen LogP contribution >= 0.6 is 0 Å². The lowest BCUT2D eigenvalue weighted by Gasteiger charge is -2.05. The second kappa shape index (κ2) is 6.08. The first kappa shape index (κ1) is 10.9. The van der Waals surface area contributed by atoms with E-state index < -0.39 is 0 Å². The summed E-state index contributed by atoms with van der Waals surface area (Å²) in [5, 5.41) is 3.43. The zero-order valence-electron chi connectivity index (χ0n) is 9.34. The third kappa shape index (κ3) is 3.51. The summed E-state index contributed by atoms with van der Waals surface area (Å²) < 4.78 is 2.10. The molecule has 2 aromatic rings. The summed E-state index contributed by atoms with van der Waals surface area (Å²) in [7, 11) is 0. The molecule has 3 heteroatoms. The van der Waals surface area contributed by atoms with Gasteiger partial charge in [-0.05, 0) is 18.5 Å². The van der Waals surface area contributed by atoms with Gasteiger partial charge in [0.1, 0.15) is 0 Å². The molecule has 1 heterocycles. The van der Waals surface area contributed by atoms with E-state index in [2.05, 4.69) is 39.1 Å². The van der Waals surface area contributed by atoms with Crippen LogP contribution in [-0.2, 0) is 13.1 Å². The SMILES string of the molecule is c1ccc(CNCCCn2ccnc2)cc1. The Morgan fingerprint density at radius 1 is 1.19 bits per heavy atom. The van der Waals surface area contributed by atoms with Crippen molar-refractivity contribution in [3.8, 4) is 0 Å². The maximum atomic E-state index is 4.01. The Labute approximate surface area is 96.1 Å². The van der Waals surface area contributed by atoms with Gasteiger partial charge in [-0.15, -0.1) is 0 Å². The summed E-state index contributed by atoms with van der Waals surface area (Å²) in [6.45, 7) is 3.01. The maximum absolute atomic E-state index is 4.01. The molecule has 1 N–H and O–H groups in total. The summed E-state index contributed by atoms with van der Waals surface area (Å²) in [5.41, 5.74) is 1.34. The highest BCUT2D eigenvalue weighted by Gasteiger charge is 1.92.